The fourth-order valence-corrected chi connectivity index (χ4v) is 2.55. The van der Waals surface area contributed by atoms with Crippen molar-refractivity contribution in [3.8, 4) is 5.88 Å². The average Bonchev–Trinajstić information content (AvgIpc) is 2.63. The molecule has 0 saturated carbocycles. The van der Waals surface area contributed by atoms with Crippen molar-refractivity contribution in [3.05, 3.63) is 53.7 Å². The molecule has 3 amide bonds. The molecule has 0 unspecified atom stereocenters. The number of carbonyl (C=O) groups excluding carboxylic acids is 2. The smallest absolute Gasteiger partial charge is 0.388 e. The molecule has 2 aromatic rings. The normalized spacial score (nSPS) is 13.1. The zero-order chi connectivity index (χ0) is 20.7. The zero-order valence-corrected chi connectivity index (χ0v) is 14.4. The van der Waals surface area contributed by atoms with E-state index < -0.39 is 18.3 Å². The van der Waals surface area contributed by atoms with Crippen LogP contribution >= 0.6 is 0 Å². The van der Waals surface area contributed by atoms with Crippen LogP contribution in [0.25, 0.3) is 0 Å². The van der Waals surface area contributed by atoms with Crippen molar-refractivity contribution < 1.29 is 32.0 Å². The maximum absolute atomic E-state index is 12.3. The number of para-hydroxylation sites is 1. The summed E-state index contributed by atoms with van der Waals surface area (Å²) in [4.78, 5) is 26.6. The van der Waals surface area contributed by atoms with E-state index in [2.05, 4.69) is 15.5 Å². The number of nitrogens with one attached hydrogen (secondary N) is 1. The number of pyridine rings is 1. The van der Waals surface area contributed by atoms with E-state index in [1.165, 1.54) is 6.07 Å². The molecule has 3 rings (SSSR count). The molecule has 1 aromatic heterocycles. The Hall–Kier alpha value is -3.37. The SMILES string of the molecule is NC(=O)NF.O=C1CCc2ccccc2N1Cc1cccc(OC(F)(F)F)n1. The summed E-state index contributed by atoms with van der Waals surface area (Å²) in [5.41, 5.74) is 6.97. The van der Waals surface area contributed by atoms with E-state index in [4.69, 9.17) is 4.79 Å². The largest absolute Gasteiger partial charge is 0.574 e. The minimum absolute atomic E-state index is 0.0763. The van der Waals surface area contributed by atoms with Gasteiger partial charge in [-0.3, -0.25) is 4.79 Å². The van der Waals surface area contributed by atoms with Gasteiger partial charge in [-0.15, -0.1) is 13.2 Å². The number of urea groups is 1. The number of aryl methyl sites for hydroxylation is 1. The Balaban J connectivity index is 0.000000500. The Bertz CT molecular complexity index is 845. The molecular formula is C17H16F4N4O3. The van der Waals surface area contributed by atoms with Crippen LogP contribution in [0.1, 0.15) is 17.7 Å². The van der Waals surface area contributed by atoms with Crippen molar-refractivity contribution in [3.63, 3.8) is 0 Å². The number of halogens is 4. The number of primary amides is 1. The molecule has 0 saturated heterocycles. The molecule has 0 bridgehead atoms. The van der Waals surface area contributed by atoms with Crippen molar-refractivity contribution >= 4 is 17.6 Å². The lowest BCUT2D eigenvalue weighted by Crippen LogP contribution is -2.34. The fraction of sp³-hybridized carbons (Fsp3) is 0.235. The molecular weight excluding hydrogens is 384 g/mol. The molecule has 1 aliphatic heterocycles. The fourth-order valence-electron chi connectivity index (χ4n) is 2.55. The van der Waals surface area contributed by atoms with Crippen molar-refractivity contribution in [2.24, 2.45) is 5.73 Å². The van der Waals surface area contributed by atoms with Crippen molar-refractivity contribution in [1.82, 2.24) is 10.5 Å². The summed E-state index contributed by atoms with van der Waals surface area (Å²) in [7, 11) is 0. The first-order valence-electron chi connectivity index (χ1n) is 7.95. The van der Waals surface area contributed by atoms with Gasteiger partial charge in [0.1, 0.15) is 0 Å². The monoisotopic (exact) mass is 400 g/mol. The number of amides is 3. The van der Waals surface area contributed by atoms with Crippen molar-refractivity contribution in [2.45, 2.75) is 25.7 Å². The van der Waals surface area contributed by atoms with Gasteiger partial charge < -0.3 is 15.4 Å². The Morgan fingerprint density at radius 3 is 2.50 bits per heavy atom. The van der Waals surface area contributed by atoms with Gasteiger partial charge in [0.25, 0.3) is 0 Å². The number of fused-ring (bicyclic) bond motifs is 1. The Morgan fingerprint density at radius 2 is 1.86 bits per heavy atom. The highest BCUT2D eigenvalue weighted by molar-refractivity contribution is 5.96. The summed E-state index contributed by atoms with van der Waals surface area (Å²) in [6.45, 7) is 0.102. The summed E-state index contributed by atoms with van der Waals surface area (Å²) in [6.07, 6.45) is -3.76. The van der Waals surface area contributed by atoms with E-state index in [0.29, 0.717) is 24.1 Å². The van der Waals surface area contributed by atoms with Gasteiger partial charge in [-0.1, -0.05) is 28.7 Å². The van der Waals surface area contributed by atoms with E-state index in [1.54, 1.807) is 11.0 Å². The van der Waals surface area contributed by atoms with Crippen LogP contribution in [-0.4, -0.2) is 23.3 Å². The predicted molar refractivity (Wildman–Crippen MR) is 90.7 cm³/mol. The Morgan fingerprint density at radius 1 is 1.18 bits per heavy atom. The minimum Gasteiger partial charge on any atom is -0.388 e. The summed E-state index contributed by atoms with van der Waals surface area (Å²) < 4.78 is 51.0. The number of rotatable bonds is 3. The second-order valence-corrected chi connectivity index (χ2v) is 5.58. The highest BCUT2D eigenvalue weighted by Crippen LogP contribution is 2.29. The third kappa shape index (κ3) is 6.11. The highest BCUT2D eigenvalue weighted by Gasteiger charge is 2.32. The van der Waals surface area contributed by atoms with Crippen LogP contribution < -0.4 is 20.9 Å². The second kappa shape index (κ2) is 9.02. The third-order valence-corrected chi connectivity index (χ3v) is 3.61. The molecule has 1 aliphatic rings. The molecule has 28 heavy (non-hydrogen) atoms. The lowest BCUT2D eigenvalue weighted by molar-refractivity contribution is -0.276. The number of benzene rings is 1. The molecule has 7 nitrogen and oxygen atoms in total. The standard InChI is InChI=1S/C16H13F3N2O2.CH3FN2O/c17-16(18,19)23-14-7-3-5-12(20-14)10-21-13-6-2-1-4-11(13)8-9-15(21)22;2-4-1(3)5/h1-7H,8-10H2;(H3,3,4,5). The van der Waals surface area contributed by atoms with Gasteiger partial charge in [-0.2, -0.15) is 5.54 Å². The number of hydrogen-bond acceptors (Lipinski definition) is 4. The van der Waals surface area contributed by atoms with Gasteiger partial charge in [-0.25, -0.2) is 9.78 Å². The number of alkyl halides is 3. The highest BCUT2D eigenvalue weighted by atomic mass is 19.4. The van der Waals surface area contributed by atoms with E-state index >= 15 is 0 Å². The number of hydrogen-bond donors (Lipinski definition) is 2. The minimum atomic E-state index is -4.79. The van der Waals surface area contributed by atoms with Gasteiger partial charge in [0.2, 0.25) is 11.8 Å². The van der Waals surface area contributed by atoms with Gasteiger partial charge in [0.05, 0.1) is 12.2 Å². The first kappa shape index (κ1) is 20.9. The van der Waals surface area contributed by atoms with Gasteiger partial charge >= 0.3 is 12.4 Å². The molecule has 0 radical (unpaired) electrons. The number of anilines is 1. The quantitative estimate of drug-likeness (QED) is 0.611. The van der Waals surface area contributed by atoms with Crippen LogP contribution in [0.15, 0.2) is 42.5 Å². The summed E-state index contributed by atoms with van der Waals surface area (Å²) in [5, 5.41) is 0. The van der Waals surface area contributed by atoms with E-state index in [1.807, 2.05) is 24.3 Å². The van der Waals surface area contributed by atoms with Crippen molar-refractivity contribution in [2.75, 3.05) is 4.90 Å². The molecule has 3 N–H and O–H groups in total. The van der Waals surface area contributed by atoms with Crippen LogP contribution in [-0.2, 0) is 17.8 Å². The van der Waals surface area contributed by atoms with E-state index in [9.17, 15) is 22.4 Å². The van der Waals surface area contributed by atoms with E-state index in [0.717, 1.165) is 17.3 Å². The summed E-state index contributed by atoms with van der Waals surface area (Å²) in [6, 6.07) is 10.4. The first-order valence-corrected chi connectivity index (χ1v) is 7.95. The molecule has 1 aromatic carbocycles. The van der Waals surface area contributed by atoms with Gasteiger partial charge in [0.15, 0.2) is 0 Å². The number of aromatic nitrogens is 1. The number of nitrogens with two attached hydrogens (primary N) is 1. The lowest BCUT2D eigenvalue weighted by atomic mass is 10.0. The van der Waals surface area contributed by atoms with Crippen LogP contribution in [0.5, 0.6) is 5.88 Å². The number of nitrogens with zero attached hydrogens (tertiary/aromatic N) is 2. The summed E-state index contributed by atoms with van der Waals surface area (Å²) >= 11 is 0. The maximum atomic E-state index is 12.3. The zero-order valence-electron chi connectivity index (χ0n) is 14.4. The van der Waals surface area contributed by atoms with Gasteiger partial charge in [-0.05, 0) is 24.1 Å². The number of carbonyl (C=O) groups is 2. The molecule has 2 heterocycles. The molecule has 0 fully saturated rings. The molecule has 0 atom stereocenters. The van der Waals surface area contributed by atoms with Crippen LogP contribution in [0.3, 0.4) is 0 Å². The van der Waals surface area contributed by atoms with Crippen LogP contribution in [0.4, 0.5) is 28.1 Å². The summed E-state index contributed by atoms with van der Waals surface area (Å²) in [5.74, 6) is -0.611. The van der Waals surface area contributed by atoms with Crippen LogP contribution in [0.2, 0.25) is 0 Å². The Labute approximate surface area is 157 Å². The second-order valence-electron chi connectivity index (χ2n) is 5.58. The Kier molecular flexibility index (Phi) is 6.74. The topological polar surface area (TPSA) is 97.5 Å². The molecule has 0 aliphatic carbocycles. The maximum Gasteiger partial charge on any atom is 0.574 e. The lowest BCUT2D eigenvalue weighted by Gasteiger charge is -2.29. The van der Waals surface area contributed by atoms with E-state index in [-0.39, 0.29) is 12.5 Å². The third-order valence-electron chi connectivity index (χ3n) is 3.61. The molecule has 11 heteroatoms. The first-order chi connectivity index (χ1) is 13.2. The van der Waals surface area contributed by atoms with Crippen molar-refractivity contribution in [1.29, 1.82) is 0 Å². The van der Waals surface area contributed by atoms with Gasteiger partial charge in [0, 0.05) is 18.2 Å². The van der Waals surface area contributed by atoms with Crippen LogP contribution in [0, 0.1) is 0 Å². The predicted octanol–water partition coefficient (Wildman–Crippen LogP) is 3.00. The number of ether oxygens (including phenoxy) is 1. The average molecular weight is 400 g/mol. The molecule has 0 spiro atoms. The molecule has 150 valence electrons.